The molecule has 0 saturated heterocycles. The van der Waals surface area contributed by atoms with Gasteiger partial charge in [-0.1, -0.05) is 11.6 Å². The molecule has 2 aromatic heterocycles. The highest BCUT2D eigenvalue weighted by molar-refractivity contribution is 6.29. The van der Waals surface area contributed by atoms with Crippen LogP contribution < -0.4 is 5.32 Å². The van der Waals surface area contributed by atoms with Crippen LogP contribution in [0, 0.1) is 5.82 Å². The van der Waals surface area contributed by atoms with Crippen LogP contribution in [0.2, 0.25) is 5.15 Å². The van der Waals surface area contributed by atoms with Crippen LogP contribution in [0.1, 0.15) is 37.6 Å². The van der Waals surface area contributed by atoms with Gasteiger partial charge in [0, 0.05) is 42.4 Å². The van der Waals surface area contributed by atoms with Crippen LogP contribution in [0.5, 0.6) is 0 Å². The van der Waals surface area contributed by atoms with E-state index in [-0.39, 0.29) is 19.1 Å². The number of nitrogens with zero attached hydrogens (tertiary/aromatic N) is 3. The first-order chi connectivity index (χ1) is 15.1. The molecule has 0 saturated carbocycles. The smallest absolute Gasteiger partial charge is 0.410 e. The number of nitrogens with one attached hydrogen (secondary N) is 1. The van der Waals surface area contributed by atoms with Crippen molar-refractivity contribution in [1.29, 1.82) is 0 Å². The lowest BCUT2D eigenvalue weighted by molar-refractivity contribution is 0.0224. The van der Waals surface area contributed by atoms with Crippen molar-refractivity contribution in [1.82, 2.24) is 19.8 Å². The van der Waals surface area contributed by atoms with Crippen LogP contribution in [0.25, 0.3) is 10.9 Å². The Bertz CT molecular complexity index is 1200. The number of benzene rings is 1. The van der Waals surface area contributed by atoms with Gasteiger partial charge in [0.1, 0.15) is 16.6 Å². The summed E-state index contributed by atoms with van der Waals surface area (Å²) in [4.78, 5) is 31.2. The fraction of sp³-hybridized carbons (Fsp3) is 0.348. The lowest BCUT2D eigenvalue weighted by atomic mass is 10.0. The summed E-state index contributed by atoms with van der Waals surface area (Å²) < 4.78 is 21.1. The van der Waals surface area contributed by atoms with E-state index in [2.05, 4.69) is 10.3 Å². The molecular formula is C23H24ClFN4O3. The highest BCUT2D eigenvalue weighted by Crippen LogP contribution is 2.32. The molecule has 0 fully saturated rings. The summed E-state index contributed by atoms with van der Waals surface area (Å²) >= 11 is 5.92. The fourth-order valence-corrected chi connectivity index (χ4v) is 4.05. The maximum absolute atomic E-state index is 14.1. The molecule has 0 radical (unpaired) electrons. The Morgan fingerprint density at radius 2 is 2.03 bits per heavy atom. The predicted molar refractivity (Wildman–Crippen MR) is 119 cm³/mol. The normalized spacial score (nSPS) is 13.7. The van der Waals surface area contributed by atoms with E-state index in [4.69, 9.17) is 16.3 Å². The molecule has 1 N–H and O–H groups in total. The number of aromatic nitrogens is 2. The lowest BCUT2D eigenvalue weighted by Gasteiger charge is -2.30. The minimum atomic E-state index is -0.618. The second-order valence-electron chi connectivity index (χ2n) is 8.72. The van der Waals surface area contributed by atoms with E-state index in [1.807, 2.05) is 20.8 Å². The highest BCUT2D eigenvalue weighted by atomic mass is 35.5. The molecule has 1 aromatic carbocycles. The predicted octanol–water partition coefficient (Wildman–Crippen LogP) is 4.88. The zero-order valence-corrected chi connectivity index (χ0v) is 18.9. The van der Waals surface area contributed by atoms with Gasteiger partial charge in [-0.15, -0.1) is 0 Å². The monoisotopic (exact) mass is 458 g/mol. The molecule has 0 bridgehead atoms. The Labute approximate surface area is 190 Å². The van der Waals surface area contributed by atoms with Crippen molar-refractivity contribution in [2.45, 2.75) is 45.9 Å². The zero-order valence-electron chi connectivity index (χ0n) is 18.1. The number of ether oxygens (including phenoxy) is 1. The number of pyridine rings is 1. The van der Waals surface area contributed by atoms with E-state index in [9.17, 15) is 14.0 Å². The first-order valence-corrected chi connectivity index (χ1v) is 10.7. The summed E-state index contributed by atoms with van der Waals surface area (Å²) in [6.45, 7) is 6.32. The first kappa shape index (κ1) is 22.1. The molecule has 0 aliphatic carbocycles. The van der Waals surface area contributed by atoms with E-state index < -0.39 is 17.5 Å². The Morgan fingerprint density at radius 1 is 1.25 bits per heavy atom. The minimum Gasteiger partial charge on any atom is -0.444 e. The van der Waals surface area contributed by atoms with Crippen molar-refractivity contribution in [3.05, 3.63) is 64.3 Å². The second kappa shape index (κ2) is 8.43. The molecule has 0 spiro atoms. The average Bonchev–Trinajstić information content (AvgIpc) is 3.04. The minimum absolute atomic E-state index is 0.241. The second-order valence-corrected chi connectivity index (χ2v) is 9.11. The number of carbonyl (C=O) groups is 2. The summed E-state index contributed by atoms with van der Waals surface area (Å²) in [6.07, 6.45) is 1.59. The summed E-state index contributed by atoms with van der Waals surface area (Å²) in [6, 6.07) is 7.43. The maximum Gasteiger partial charge on any atom is 0.410 e. The molecule has 9 heteroatoms. The summed E-state index contributed by atoms with van der Waals surface area (Å²) in [7, 11) is 0. The quantitative estimate of drug-likeness (QED) is 0.555. The number of fused-ring (bicyclic) bond motifs is 3. The fourth-order valence-electron chi connectivity index (χ4n) is 3.85. The largest absolute Gasteiger partial charge is 0.444 e. The molecule has 4 rings (SSSR count). The third kappa shape index (κ3) is 4.55. The Kier molecular flexibility index (Phi) is 5.81. The SMILES string of the molecule is CC(C)(C)OC(=O)N1CCc2c(c3cc(F)ccc3n2C(=O)NCc2ccnc(Cl)c2)C1. The van der Waals surface area contributed by atoms with Crippen LogP contribution in [0.4, 0.5) is 14.0 Å². The number of carbonyl (C=O) groups excluding carboxylic acids is 2. The Morgan fingerprint density at radius 3 is 2.75 bits per heavy atom. The Hall–Kier alpha value is -3.13. The summed E-state index contributed by atoms with van der Waals surface area (Å²) in [5.41, 5.74) is 2.29. The van der Waals surface area contributed by atoms with E-state index in [0.29, 0.717) is 29.0 Å². The van der Waals surface area contributed by atoms with Gasteiger partial charge < -0.3 is 15.0 Å². The average molecular weight is 459 g/mol. The van der Waals surface area contributed by atoms with Crippen LogP contribution >= 0.6 is 11.6 Å². The van der Waals surface area contributed by atoms with Crippen LogP contribution in [0.15, 0.2) is 36.5 Å². The topological polar surface area (TPSA) is 76.5 Å². The summed E-state index contributed by atoms with van der Waals surface area (Å²) in [5.74, 6) is -0.404. The maximum atomic E-state index is 14.1. The van der Waals surface area contributed by atoms with Gasteiger partial charge in [0.15, 0.2) is 0 Å². The van der Waals surface area contributed by atoms with Gasteiger partial charge in [0.25, 0.3) is 0 Å². The van der Waals surface area contributed by atoms with Crippen LogP contribution in [0.3, 0.4) is 0 Å². The molecule has 1 aliphatic rings. The molecule has 2 amide bonds. The van der Waals surface area contributed by atoms with E-state index in [0.717, 1.165) is 16.8 Å². The first-order valence-electron chi connectivity index (χ1n) is 10.3. The molecule has 3 heterocycles. The van der Waals surface area contributed by atoms with Gasteiger partial charge in [0.2, 0.25) is 0 Å². The van der Waals surface area contributed by atoms with Crippen LogP contribution in [-0.4, -0.2) is 38.7 Å². The van der Waals surface area contributed by atoms with Gasteiger partial charge in [-0.2, -0.15) is 0 Å². The highest BCUT2D eigenvalue weighted by Gasteiger charge is 2.31. The third-order valence-electron chi connectivity index (χ3n) is 5.20. The number of hydrogen-bond acceptors (Lipinski definition) is 4. The van der Waals surface area contributed by atoms with Crippen molar-refractivity contribution in [2.75, 3.05) is 6.54 Å². The van der Waals surface area contributed by atoms with E-state index in [1.54, 1.807) is 33.9 Å². The molecule has 0 atom stereocenters. The lowest BCUT2D eigenvalue weighted by Crippen LogP contribution is -2.40. The molecule has 7 nitrogen and oxygen atoms in total. The van der Waals surface area contributed by atoms with Crippen molar-refractivity contribution < 1.29 is 18.7 Å². The van der Waals surface area contributed by atoms with Crippen molar-refractivity contribution in [3.63, 3.8) is 0 Å². The van der Waals surface area contributed by atoms with Gasteiger partial charge in [-0.05, 0) is 56.7 Å². The third-order valence-corrected chi connectivity index (χ3v) is 5.41. The molecule has 0 unspecified atom stereocenters. The molecule has 1 aliphatic heterocycles. The van der Waals surface area contributed by atoms with E-state index in [1.165, 1.54) is 12.1 Å². The van der Waals surface area contributed by atoms with Crippen molar-refractivity contribution in [3.8, 4) is 0 Å². The van der Waals surface area contributed by atoms with Gasteiger partial charge in [-0.3, -0.25) is 4.57 Å². The molecule has 3 aromatic rings. The number of halogens is 2. The molecule has 168 valence electrons. The van der Waals surface area contributed by atoms with Gasteiger partial charge in [0.05, 0.1) is 12.1 Å². The summed E-state index contributed by atoms with van der Waals surface area (Å²) in [5, 5.41) is 3.84. The van der Waals surface area contributed by atoms with Gasteiger partial charge in [-0.25, -0.2) is 19.0 Å². The standard InChI is InChI=1S/C23H24ClFN4O3/c1-23(2,3)32-22(31)28-9-7-19-17(13-28)16-11-15(25)4-5-18(16)29(19)21(30)27-12-14-6-8-26-20(24)10-14/h4-6,8,10-11H,7,9,12-13H2,1-3H3,(H,27,30). The Balaban J connectivity index is 1.65. The van der Waals surface area contributed by atoms with Crippen molar-refractivity contribution in [2.24, 2.45) is 0 Å². The molecule has 32 heavy (non-hydrogen) atoms. The number of hydrogen-bond donors (Lipinski definition) is 1. The van der Waals surface area contributed by atoms with E-state index >= 15 is 0 Å². The number of amides is 2. The van der Waals surface area contributed by atoms with Gasteiger partial charge >= 0.3 is 12.1 Å². The molecular weight excluding hydrogens is 435 g/mol. The van der Waals surface area contributed by atoms with Crippen LogP contribution in [-0.2, 0) is 24.2 Å². The zero-order chi connectivity index (χ0) is 23.0. The number of rotatable bonds is 2. The van der Waals surface area contributed by atoms with Crippen molar-refractivity contribution >= 4 is 34.6 Å².